The molecule has 1 amide bonds. The molecule has 5 aliphatic rings. The Labute approximate surface area is 173 Å². The molecule has 5 rings (SSSR count). The minimum absolute atomic E-state index is 0.00910. The lowest BCUT2D eigenvalue weighted by atomic mass is 9.46. The van der Waals surface area contributed by atoms with Gasteiger partial charge in [-0.1, -0.05) is 32.4 Å². The first kappa shape index (κ1) is 19.7. The van der Waals surface area contributed by atoms with Crippen molar-refractivity contribution in [2.45, 2.75) is 84.2 Å². The molecule has 0 aromatic heterocycles. The van der Waals surface area contributed by atoms with Gasteiger partial charge in [0, 0.05) is 36.1 Å². The van der Waals surface area contributed by atoms with E-state index in [1.165, 1.54) is 5.57 Å². The van der Waals surface area contributed by atoms with Crippen LogP contribution in [0.3, 0.4) is 0 Å². The third kappa shape index (κ3) is 2.35. The number of aliphatic hydroxyl groups is 1. The average Bonchev–Trinajstić information content (AvgIpc) is 3.05. The first-order valence-corrected chi connectivity index (χ1v) is 11.5. The summed E-state index contributed by atoms with van der Waals surface area (Å²) in [6.45, 7) is 10.9. The number of aliphatic hydroxyl groups excluding tert-OH is 1. The number of Topliss-reactive ketones (excluding diaryl/α,β-unsaturated/α-hetero) is 1. The minimum atomic E-state index is -0.964. The molecule has 3 saturated heterocycles. The van der Waals surface area contributed by atoms with E-state index in [1.54, 1.807) is 0 Å². The van der Waals surface area contributed by atoms with E-state index in [-0.39, 0.29) is 59.0 Å². The smallest absolute Gasteiger partial charge is 0.234 e. The van der Waals surface area contributed by atoms with Crippen LogP contribution in [0, 0.1) is 40.9 Å². The van der Waals surface area contributed by atoms with E-state index in [2.05, 4.69) is 46.0 Å². The Morgan fingerprint density at radius 2 is 2.03 bits per heavy atom. The van der Waals surface area contributed by atoms with Gasteiger partial charge in [-0.2, -0.15) is 0 Å². The summed E-state index contributed by atoms with van der Waals surface area (Å²) in [5, 5.41) is 13.8. The largest absolute Gasteiger partial charge is 0.390 e. The van der Waals surface area contributed by atoms with E-state index in [0.717, 1.165) is 12.8 Å². The van der Waals surface area contributed by atoms with Gasteiger partial charge in [0.25, 0.3) is 0 Å². The fourth-order valence-corrected chi connectivity index (χ4v) is 8.01. The highest BCUT2D eigenvalue weighted by atomic mass is 16.5. The van der Waals surface area contributed by atoms with E-state index in [1.807, 2.05) is 0 Å². The number of hydrogen-bond donors (Lipinski definition) is 2. The number of carbonyl (C=O) groups is 2. The minimum Gasteiger partial charge on any atom is -0.390 e. The molecule has 29 heavy (non-hydrogen) atoms. The number of hydrogen-bond acceptors (Lipinski definition) is 4. The van der Waals surface area contributed by atoms with Crippen LogP contribution in [0.4, 0.5) is 0 Å². The van der Waals surface area contributed by atoms with E-state index in [0.29, 0.717) is 18.8 Å². The van der Waals surface area contributed by atoms with Gasteiger partial charge in [0.15, 0.2) is 0 Å². The van der Waals surface area contributed by atoms with Crippen LogP contribution in [-0.4, -0.2) is 40.6 Å². The Hall–Kier alpha value is -1.20. The van der Waals surface area contributed by atoms with Crippen molar-refractivity contribution in [1.82, 2.24) is 5.32 Å². The van der Waals surface area contributed by atoms with Crippen molar-refractivity contribution in [3.8, 4) is 0 Å². The number of allylic oxidation sites excluding steroid dienone is 2. The van der Waals surface area contributed by atoms with Gasteiger partial charge < -0.3 is 15.2 Å². The molecule has 3 heterocycles. The number of amides is 1. The van der Waals surface area contributed by atoms with E-state index < -0.39 is 11.5 Å². The number of ether oxygens (including phenoxy) is 1. The zero-order valence-corrected chi connectivity index (χ0v) is 18.3. The molecule has 160 valence electrons. The number of ketones is 1. The second-order valence-corrected chi connectivity index (χ2v) is 11.1. The summed E-state index contributed by atoms with van der Waals surface area (Å²) in [6.07, 6.45) is 4.23. The van der Waals surface area contributed by atoms with Gasteiger partial charge in [0.1, 0.15) is 11.2 Å². The van der Waals surface area contributed by atoms with Gasteiger partial charge in [-0.05, 0) is 44.9 Å². The molecular formula is C24H35NO4. The van der Waals surface area contributed by atoms with Crippen LogP contribution in [-0.2, 0) is 14.3 Å². The molecule has 0 aromatic rings. The van der Waals surface area contributed by atoms with Crippen LogP contribution in [0.25, 0.3) is 0 Å². The van der Waals surface area contributed by atoms with Gasteiger partial charge in [0.2, 0.25) is 5.91 Å². The summed E-state index contributed by atoms with van der Waals surface area (Å²) < 4.78 is 6.41. The average molecular weight is 402 g/mol. The van der Waals surface area contributed by atoms with Crippen molar-refractivity contribution in [1.29, 1.82) is 0 Å². The summed E-state index contributed by atoms with van der Waals surface area (Å²) in [6, 6.07) is 0.0456. The van der Waals surface area contributed by atoms with Crippen LogP contribution in [0.1, 0.15) is 60.3 Å². The molecule has 1 saturated carbocycles. The fraction of sp³-hybridized carbons (Fsp3) is 0.833. The Morgan fingerprint density at radius 1 is 1.31 bits per heavy atom. The Balaban J connectivity index is 1.67. The van der Waals surface area contributed by atoms with Crippen LogP contribution >= 0.6 is 0 Å². The Morgan fingerprint density at radius 3 is 2.72 bits per heavy atom. The van der Waals surface area contributed by atoms with Crippen molar-refractivity contribution in [3.63, 3.8) is 0 Å². The van der Waals surface area contributed by atoms with E-state index in [4.69, 9.17) is 4.74 Å². The second kappa shape index (κ2) is 6.16. The molecule has 2 N–H and O–H groups in total. The zero-order chi connectivity index (χ0) is 20.9. The van der Waals surface area contributed by atoms with Crippen LogP contribution in [0.2, 0.25) is 0 Å². The first-order chi connectivity index (χ1) is 13.6. The second-order valence-electron chi connectivity index (χ2n) is 11.1. The molecule has 2 unspecified atom stereocenters. The van der Waals surface area contributed by atoms with Crippen molar-refractivity contribution < 1.29 is 19.4 Å². The van der Waals surface area contributed by atoms with E-state index >= 15 is 0 Å². The molecule has 2 bridgehead atoms. The highest BCUT2D eigenvalue weighted by molar-refractivity contribution is 6.10. The zero-order valence-electron chi connectivity index (χ0n) is 18.3. The van der Waals surface area contributed by atoms with Crippen LogP contribution < -0.4 is 5.32 Å². The SMILES string of the molecule is CC1=C[C@@H]2[C@@H]3[C@H](CC(=O)C24C(=O)N[C@@H](CC(C)C)[C@@H]4C1C)[C@@H]1O[C@@]3(C)CC[C@H]1O. The van der Waals surface area contributed by atoms with Gasteiger partial charge in [0.05, 0.1) is 17.8 Å². The molecular weight excluding hydrogens is 366 g/mol. The van der Waals surface area contributed by atoms with Gasteiger partial charge >= 0.3 is 0 Å². The van der Waals surface area contributed by atoms with Crippen LogP contribution in [0.15, 0.2) is 11.6 Å². The third-order valence-corrected chi connectivity index (χ3v) is 9.18. The molecule has 2 aliphatic carbocycles. The quantitative estimate of drug-likeness (QED) is 0.551. The predicted molar refractivity (Wildman–Crippen MR) is 109 cm³/mol. The van der Waals surface area contributed by atoms with Crippen LogP contribution in [0.5, 0.6) is 0 Å². The molecule has 3 aliphatic heterocycles. The normalized spacial score (nSPS) is 53.3. The monoisotopic (exact) mass is 401 g/mol. The summed E-state index contributed by atoms with van der Waals surface area (Å²) in [7, 11) is 0. The number of carbonyl (C=O) groups excluding carboxylic acids is 2. The van der Waals surface area contributed by atoms with Crippen molar-refractivity contribution >= 4 is 11.7 Å². The lowest BCUT2D eigenvalue weighted by Gasteiger charge is -2.53. The summed E-state index contributed by atoms with van der Waals surface area (Å²) in [4.78, 5) is 27.5. The maximum absolute atomic E-state index is 13.8. The number of rotatable bonds is 2. The fourth-order valence-electron chi connectivity index (χ4n) is 8.01. The first-order valence-electron chi connectivity index (χ1n) is 11.5. The Bertz CT molecular complexity index is 790. The predicted octanol–water partition coefficient (Wildman–Crippen LogP) is 2.86. The van der Waals surface area contributed by atoms with Gasteiger partial charge in [-0.15, -0.1) is 0 Å². The molecule has 4 fully saturated rings. The Kier molecular flexibility index (Phi) is 4.20. The number of nitrogens with one attached hydrogen (secondary N) is 1. The highest BCUT2D eigenvalue weighted by Crippen LogP contribution is 2.66. The third-order valence-electron chi connectivity index (χ3n) is 9.18. The summed E-state index contributed by atoms with van der Waals surface area (Å²) >= 11 is 0. The van der Waals surface area contributed by atoms with Gasteiger partial charge in [-0.3, -0.25) is 9.59 Å². The molecule has 0 radical (unpaired) electrons. The van der Waals surface area contributed by atoms with Crippen molar-refractivity contribution in [2.75, 3.05) is 0 Å². The lowest BCUT2D eigenvalue weighted by Crippen LogP contribution is -2.61. The standard InChI is InChI=1S/C24H35NO4/c1-11(2)8-16-19-13(4)12(3)9-15-20-14(10-18(27)24(15,19)22(28)25-16)21-17(26)6-7-23(20,5)29-21/h9,11,13-17,19-21,26H,6-8,10H2,1-5H3,(H,25,28)/t13?,14-,15+,16-,17+,19-,20-,21-,23-,24?/m0/s1. The van der Waals surface area contributed by atoms with Gasteiger partial charge in [-0.25, -0.2) is 0 Å². The molecule has 0 aromatic carbocycles. The van der Waals surface area contributed by atoms with E-state index in [9.17, 15) is 14.7 Å². The van der Waals surface area contributed by atoms with Crippen molar-refractivity contribution in [2.24, 2.45) is 40.9 Å². The molecule has 5 nitrogen and oxygen atoms in total. The lowest BCUT2D eigenvalue weighted by molar-refractivity contribution is -0.157. The highest BCUT2D eigenvalue weighted by Gasteiger charge is 2.74. The molecule has 1 spiro atoms. The maximum Gasteiger partial charge on any atom is 0.234 e. The summed E-state index contributed by atoms with van der Waals surface area (Å²) in [5.41, 5.74) is -0.0420. The number of fused-ring (bicyclic) bond motifs is 6. The van der Waals surface area contributed by atoms with Crippen molar-refractivity contribution in [3.05, 3.63) is 11.6 Å². The summed E-state index contributed by atoms with van der Waals surface area (Å²) in [5.74, 6) is 0.687. The maximum atomic E-state index is 13.8. The molecule has 5 heteroatoms. The molecule has 10 atom stereocenters. The topological polar surface area (TPSA) is 75.6 Å².